The van der Waals surface area contributed by atoms with E-state index in [1.807, 2.05) is 11.3 Å². The van der Waals surface area contributed by atoms with Gasteiger partial charge >= 0.3 is 0 Å². The molecule has 1 aliphatic carbocycles. The van der Waals surface area contributed by atoms with Crippen molar-refractivity contribution in [3.05, 3.63) is 21.9 Å². The zero-order valence-electron chi connectivity index (χ0n) is 10.8. The average molecular weight is 269 g/mol. The summed E-state index contributed by atoms with van der Waals surface area (Å²) in [7, 11) is 0. The second-order valence-corrected chi connectivity index (χ2v) is 7.40. The zero-order valence-corrected chi connectivity index (χ0v) is 12.4. The number of aryl methyl sites for hydroxylation is 1. The van der Waals surface area contributed by atoms with E-state index in [4.69, 9.17) is 5.73 Å². The minimum Gasteiger partial charge on any atom is -0.326 e. The first-order valence-electron chi connectivity index (χ1n) is 6.67. The van der Waals surface area contributed by atoms with E-state index in [0.717, 1.165) is 11.7 Å². The highest BCUT2D eigenvalue weighted by Gasteiger charge is 2.27. The third kappa shape index (κ3) is 3.27. The van der Waals surface area contributed by atoms with Crippen LogP contribution in [0.25, 0.3) is 0 Å². The van der Waals surface area contributed by atoms with Crippen molar-refractivity contribution < 1.29 is 0 Å². The van der Waals surface area contributed by atoms with Crippen molar-refractivity contribution in [2.45, 2.75) is 62.5 Å². The molecule has 2 N–H and O–H groups in total. The van der Waals surface area contributed by atoms with Crippen LogP contribution in [0.4, 0.5) is 0 Å². The molecule has 1 aromatic heterocycles. The number of thiophene rings is 1. The van der Waals surface area contributed by atoms with Gasteiger partial charge in [-0.25, -0.2) is 0 Å². The van der Waals surface area contributed by atoms with Gasteiger partial charge in [0.2, 0.25) is 0 Å². The Morgan fingerprint density at radius 2 is 2.18 bits per heavy atom. The van der Waals surface area contributed by atoms with Crippen molar-refractivity contribution in [1.82, 2.24) is 0 Å². The average Bonchev–Trinajstić information content (AvgIpc) is 2.96. The van der Waals surface area contributed by atoms with Crippen LogP contribution in [0.2, 0.25) is 0 Å². The molecule has 17 heavy (non-hydrogen) atoms. The standard InChI is InChI=1S/C14H23NS2/c1-3-12(15)14(13-10(2)8-9-16-13)17-11-6-4-5-7-11/h8-9,11-12,14H,3-7,15H2,1-2H3. The van der Waals surface area contributed by atoms with Gasteiger partial charge in [0.25, 0.3) is 0 Å². The molecular formula is C14H23NS2. The van der Waals surface area contributed by atoms with Gasteiger partial charge in [-0.15, -0.1) is 23.1 Å². The zero-order chi connectivity index (χ0) is 12.3. The number of rotatable bonds is 5. The van der Waals surface area contributed by atoms with Gasteiger partial charge in [0.05, 0.1) is 5.25 Å². The molecule has 1 nitrogen and oxygen atoms in total. The topological polar surface area (TPSA) is 26.0 Å². The van der Waals surface area contributed by atoms with Crippen molar-refractivity contribution in [2.75, 3.05) is 0 Å². The van der Waals surface area contributed by atoms with E-state index in [1.54, 1.807) is 0 Å². The second kappa shape index (κ2) is 6.26. The van der Waals surface area contributed by atoms with Gasteiger partial charge in [-0.2, -0.15) is 0 Å². The molecule has 2 rings (SSSR count). The minimum atomic E-state index is 0.304. The van der Waals surface area contributed by atoms with Crippen LogP contribution in [-0.4, -0.2) is 11.3 Å². The van der Waals surface area contributed by atoms with E-state index in [0.29, 0.717) is 11.3 Å². The number of hydrogen-bond donors (Lipinski definition) is 1. The molecule has 1 heterocycles. The molecular weight excluding hydrogens is 246 g/mol. The molecule has 3 heteroatoms. The third-order valence-corrected chi connectivity index (χ3v) is 6.65. The van der Waals surface area contributed by atoms with Gasteiger partial charge in [0.1, 0.15) is 0 Å². The first kappa shape index (κ1) is 13.4. The lowest BCUT2D eigenvalue weighted by atomic mass is 10.1. The molecule has 0 bridgehead atoms. The third-order valence-electron chi connectivity index (χ3n) is 3.66. The molecule has 1 aliphatic rings. The molecule has 1 fully saturated rings. The van der Waals surface area contributed by atoms with Gasteiger partial charge in [0.15, 0.2) is 0 Å². The summed E-state index contributed by atoms with van der Waals surface area (Å²) in [4.78, 5) is 1.51. The number of hydrogen-bond acceptors (Lipinski definition) is 3. The maximum Gasteiger partial charge on any atom is 0.0547 e. The van der Waals surface area contributed by atoms with E-state index in [2.05, 4.69) is 37.1 Å². The fraction of sp³-hybridized carbons (Fsp3) is 0.714. The van der Waals surface area contributed by atoms with E-state index in [-0.39, 0.29) is 0 Å². The van der Waals surface area contributed by atoms with Gasteiger partial charge in [-0.1, -0.05) is 19.8 Å². The number of nitrogens with two attached hydrogens (primary N) is 1. The summed E-state index contributed by atoms with van der Waals surface area (Å²) in [6.07, 6.45) is 6.68. The molecule has 96 valence electrons. The van der Waals surface area contributed by atoms with Crippen LogP contribution in [-0.2, 0) is 0 Å². The van der Waals surface area contributed by atoms with Crippen LogP contribution in [0.1, 0.15) is 54.7 Å². The molecule has 0 aliphatic heterocycles. The van der Waals surface area contributed by atoms with Crippen LogP contribution >= 0.6 is 23.1 Å². The lowest BCUT2D eigenvalue weighted by Gasteiger charge is -2.25. The van der Waals surface area contributed by atoms with Crippen molar-refractivity contribution in [3.8, 4) is 0 Å². The Morgan fingerprint density at radius 3 is 2.71 bits per heavy atom. The fourth-order valence-electron chi connectivity index (χ4n) is 2.48. The first-order valence-corrected chi connectivity index (χ1v) is 8.49. The van der Waals surface area contributed by atoms with Crippen molar-refractivity contribution in [2.24, 2.45) is 5.73 Å². The minimum absolute atomic E-state index is 0.304. The summed E-state index contributed by atoms with van der Waals surface area (Å²) in [6, 6.07) is 2.53. The highest BCUT2D eigenvalue weighted by molar-refractivity contribution is 8.00. The molecule has 2 unspecified atom stereocenters. The molecule has 0 amide bonds. The van der Waals surface area contributed by atoms with Gasteiger partial charge in [0, 0.05) is 16.2 Å². The molecule has 1 saturated carbocycles. The summed E-state index contributed by atoms with van der Waals surface area (Å²) in [6.45, 7) is 4.42. The first-order chi connectivity index (χ1) is 8.22. The molecule has 0 spiro atoms. The smallest absolute Gasteiger partial charge is 0.0547 e. The molecule has 2 atom stereocenters. The van der Waals surface area contributed by atoms with Crippen molar-refractivity contribution in [1.29, 1.82) is 0 Å². The van der Waals surface area contributed by atoms with Crippen molar-refractivity contribution >= 4 is 23.1 Å². The Hall–Kier alpha value is 0.0100. The lowest BCUT2D eigenvalue weighted by molar-refractivity contribution is 0.635. The summed E-state index contributed by atoms with van der Waals surface area (Å²) in [5, 5.41) is 3.57. The van der Waals surface area contributed by atoms with Crippen LogP contribution in [0, 0.1) is 6.92 Å². The Labute approximate surface area is 113 Å². The van der Waals surface area contributed by atoms with E-state index in [9.17, 15) is 0 Å². The predicted molar refractivity (Wildman–Crippen MR) is 79.9 cm³/mol. The van der Waals surface area contributed by atoms with E-state index in [1.165, 1.54) is 36.1 Å². The quantitative estimate of drug-likeness (QED) is 0.851. The summed E-state index contributed by atoms with van der Waals surface area (Å²) >= 11 is 4.03. The normalized spacial score (nSPS) is 20.6. The number of thioether (sulfide) groups is 1. The molecule has 0 saturated heterocycles. The second-order valence-electron chi connectivity index (χ2n) is 5.00. The Bertz CT molecular complexity index is 342. The van der Waals surface area contributed by atoms with Crippen molar-refractivity contribution in [3.63, 3.8) is 0 Å². The summed E-state index contributed by atoms with van der Waals surface area (Å²) < 4.78 is 0. The largest absolute Gasteiger partial charge is 0.326 e. The van der Waals surface area contributed by atoms with Crippen LogP contribution in [0.3, 0.4) is 0 Å². The van der Waals surface area contributed by atoms with Crippen LogP contribution in [0.15, 0.2) is 11.4 Å². The Balaban J connectivity index is 2.10. The van der Waals surface area contributed by atoms with Gasteiger partial charge in [-0.3, -0.25) is 0 Å². The SMILES string of the molecule is CCC(N)C(SC1CCCC1)c1sccc1C. The van der Waals surface area contributed by atoms with Gasteiger partial charge < -0.3 is 5.73 Å². The monoisotopic (exact) mass is 269 g/mol. The lowest BCUT2D eigenvalue weighted by Crippen LogP contribution is -2.26. The Kier molecular flexibility index (Phi) is 4.95. The highest BCUT2D eigenvalue weighted by atomic mass is 32.2. The predicted octanol–water partition coefficient (Wildman–Crippen LogP) is 4.51. The van der Waals surface area contributed by atoms with Crippen LogP contribution in [0.5, 0.6) is 0 Å². The summed E-state index contributed by atoms with van der Waals surface area (Å²) in [5.74, 6) is 0. The molecule has 1 aromatic rings. The fourth-order valence-corrected chi connectivity index (χ4v) is 5.52. The maximum absolute atomic E-state index is 6.34. The Morgan fingerprint density at radius 1 is 1.47 bits per heavy atom. The summed E-state index contributed by atoms with van der Waals surface area (Å²) in [5.41, 5.74) is 7.77. The molecule has 0 radical (unpaired) electrons. The highest BCUT2D eigenvalue weighted by Crippen LogP contribution is 2.44. The maximum atomic E-state index is 6.34. The van der Waals surface area contributed by atoms with Crippen LogP contribution < -0.4 is 5.73 Å². The van der Waals surface area contributed by atoms with E-state index < -0.39 is 0 Å². The molecule has 0 aromatic carbocycles. The van der Waals surface area contributed by atoms with E-state index >= 15 is 0 Å². The van der Waals surface area contributed by atoms with Gasteiger partial charge in [-0.05, 0) is 43.2 Å².